The van der Waals surface area contributed by atoms with Gasteiger partial charge in [-0.1, -0.05) is 35.9 Å². The molecule has 0 aliphatic heterocycles. The smallest absolute Gasteiger partial charge is 0.220 e. The van der Waals surface area contributed by atoms with Gasteiger partial charge in [0.15, 0.2) is 0 Å². The maximum atomic E-state index is 11.8. The summed E-state index contributed by atoms with van der Waals surface area (Å²) in [5.41, 5.74) is 3.71. The lowest BCUT2D eigenvalue weighted by Gasteiger charge is -2.06. The van der Waals surface area contributed by atoms with Crippen molar-refractivity contribution in [2.45, 2.75) is 32.6 Å². The zero-order chi connectivity index (χ0) is 14.9. The molecule has 21 heavy (non-hydrogen) atoms. The molecule has 0 radical (unpaired) electrons. The fraction of sp³-hybridized carbons (Fsp3) is 0.333. The Morgan fingerprint density at radius 3 is 2.76 bits per heavy atom. The zero-order valence-electron chi connectivity index (χ0n) is 12.5. The van der Waals surface area contributed by atoms with Gasteiger partial charge in [0.25, 0.3) is 0 Å². The Kier molecular flexibility index (Phi) is 5.95. The van der Waals surface area contributed by atoms with E-state index in [0.717, 1.165) is 19.3 Å². The van der Waals surface area contributed by atoms with Crippen molar-refractivity contribution in [1.82, 2.24) is 10.3 Å². The minimum absolute atomic E-state index is 0.131. The molecule has 2 aromatic rings. The maximum absolute atomic E-state index is 11.8. The van der Waals surface area contributed by atoms with Gasteiger partial charge in [-0.25, -0.2) is 0 Å². The van der Waals surface area contributed by atoms with Crippen molar-refractivity contribution in [1.29, 1.82) is 0 Å². The van der Waals surface area contributed by atoms with Gasteiger partial charge < -0.3 is 5.32 Å². The second-order valence-electron chi connectivity index (χ2n) is 5.30. The van der Waals surface area contributed by atoms with Crippen LogP contribution in [0.2, 0.25) is 0 Å². The molecule has 0 atom stereocenters. The van der Waals surface area contributed by atoms with Crippen LogP contribution in [0.5, 0.6) is 0 Å². The van der Waals surface area contributed by atoms with Gasteiger partial charge in [0, 0.05) is 25.4 Å². The molecule has 0 unspecified atom stereocenters. The summed E-state index contributed by atoms with van der Waals surface area (Å²) in [5.74, 6) is 0.131. The van der Waals surface area contributed by atoms with Crippen LogP contribution in [0.25, 0.3) is 0 Å². The van der Waals surface area contributed by atoms with E-state index in [4.69, 9.17) is 0 Å². The zero-order valence-corrected chi connectivity index (χ0v) is 12.5. The van der Waals surface area contributed by atoms with Gasteiger partial charge >= 0.3 is 0 Å². The number of carbonyl (C=O) groups is 1. The summed E-state index contributed by atoms with van der Waals surface area (Å²) in [7, 11) is 0. The van der Waals surface area contributed by atoms with Crippen LogP contribution < -0.4 is 5.32 Å². The predicted molar refractivity (Wildman–Crippen MR) is 85.1 cm³/mol. The number of pyridine rings is 1. The molecule has 2 rings (SSSR count). The summed E-state index contributed by atoms with van der Waals surface area (Å²) in [5, 5.41) is 2.98. The normalized spacial score (nSPS) is 10.3. The molecule has 1 aromatic carbocycles. The molecule has 0 bridgehead atoms. The highest BCUT2D eigenvalue weighted by atomic mass is 16.1. The molecule has 1 N–H and O–H groups in total. The van der Waals surface area contributed by atoms with E-state index in [9.17, 15) is 4.79 Å². The van der Waals surface area contributed by atoms with E-state index in [2.05, 4.69) is 41.5 Å². The number of hydrogen-bond donors (Lipinski definition) is 1. The van der Waals surface area contributed by atoms with Gasteiger partial charge in [0.2, 0.25) is 5.91 Å². The van der Waals surface area contributed by atoms with Crippen LogP contribution in [-0.4, -0.2) is 17.4 Å². The lowest BCUT2D eigenvalue weighted by molar-refractivity contribution is -0.121. The summed E-state index contributed by atoms with van der Waals surface area (Å²) in [6, 6.07) is 12.4. The Hall–Kier alpha value is -2.16. The fourth-order valence-corrected chi connectivity index (χ4v) is 2.30. The average Bonchev–Trinajstić information content (AvgIpc) is 2.48. The Morgan fingerprint density at radius 1 is 1.14 bits per heavy atom. The van der Waals surface area contributed by atoms with E-state index in [1.54, 1.807) is 6.20 Å². The number of hydrogen-bond acceptors (Lipinski definition) is 2. The van der Waals surface area contributed by atoms with Crippen LogP contribution in [0, 0.1) is 6.92 Å². The Bertz CT molecular complexity index is 566. The van der Waals surface area contributed by atoms with Crippen molar-refractivity contribution in [3.8, 4) is 0 Å². The fourth-order valence-electron chi connectivity index (χ4n) is 2.30. The van der Waals surface area contributed by atoms with Gasteiger partial charge in [0.05, 0.1) is 0 Å². The van der Waals surface area contributed by atoms with Crippen molar-refractivity contribution < 1.29 is 4.79 Å². The Morgan fingerprint density at radius 2 is 2.00 bits per heavy atom. The quantitative estimate of drug-likeness (QED) is 0.848. The number of carbonyl (C=O) groups excluding carboxylic acids is 1. The van der Waals surface area contributed by atoms with Crippen LogP contribution in [0.4, 0.5) is 0 Å². The third-order valence-electron chi connectivity index (χ3n) is 3.41. The minimum atomic E-state index is 0.131. The third kappa shape index (κ3) is 5.78. The first kappa shape index (κ1) is 15.2. The number of nitrogens with zero attached hydrogens (tertiary/aromatic N) is 1. The van der Waals surface area contributed by atoms with E-state index in [-0.39, 0.29) is 5.91 Å². The van der Waals surface area contributed by atoms with Crippen LogP contribution in [0.1, 0.15) is 29.5 Å². The van der Waals surface area contributed by atoms with Gasteiger partial charge in [-0.2, -0.15) is 0 Å². The Labute approximate surface area is 126 Å². The van der Waals surface area contributed by atoms with E-state index < -0.39 is 0 Å². The van der Waals surface area contributed by atoms with Crippen molar-refractivity contribution >= 4 is 5.91 Å². The summed E-state index contributed by atoms with van der Waals surface area (Å²) in [4.78, 5) is 15.8. The number of nitrogens with one attached hydrogen (secondary N) is 1. The molecule has 0 saturated carbocycles. The largest absolute Gasteiger partial charge is 0.356 e. The summed E-state index contributed by atoms with van der Waals surface area (Å²) in [6.07, 6.45) is 6.84. The summed E-state index contributed by atoms with van der Waals surface area (Å²) < 4.78 is 0. The molecule has 0 saturated heterocycles. The first-order valence-corrected chi connectivity index (χ1v) is 7.45. The number of benzene rings is 1. The minimum Gasteiger partial charge on any atom is -0.356 e. The molecule has 0 fully saturated rings. The highest BCUT2D eigenvalue weighted by molar-refractivity contribution is 5.75. The average molecular weight is 282 g/mol. The molecule has 110 valence electrons. The van der Waals surface area contributed by atoms with Crippen molar-refractivity contribution in [3.05, 3.63) is 65.5 Å². The molecule has 1 aromatic heterocycles. The highest BCUT2D eigenvalue weighted by Gasteiger charge is 2.02. The third-order valence-corrected chi connectivity index (χ3v) is 3.41. The van der Waals surface area contributed by atoms with Gasteiger partial charge in [-0.15, -0.1) is 0 Å². The number of amides is 1. The maximum Gasteiger partial charge on any atom is 0.220 e. The number of aryl methyl sites for hydroxylation is 2. The van der Waals surface area contributed by atoms with Crippen LogP contribution >= 0.6 is 0 Å². The molecular formula is C18H22N2O. The van der Waals surface area contributed by atoms with Gasteiger partial charge in [-0.3, -0.25) is 9.78 Å². The monoisotopic (exact) mass is 282 g/mol. The van der Waals surface area contributed by atoms with E-state index in [0.29, 0.717) is 13.0 Å². The molecule has 3 nitrogen and oxygen atoms in total. The second-order valence-corrected chi connectivity index (χ2v) is 5.30. The van der Waals surface area contributed by atoms with E-state index >= 15 is 0 Å². The Balaban J connectivity index is 1.61. The first-order chi connectivity index (χ1) is 10.2. The molecule has 1 heterocycles. The van der Waals surface area contributed by atoms with E-state index in [1.165, 1.54) is 16.7 Å². The lowest BCUT2D eigenvalue weighted by atomic mass is 10.1. The van der Waals surface area contributed by atoms with E-state index in [1.807, 2.05) is 18.3 Å². The molecule has 0 aliphatic rings. The van der Waals surface area contributed by atoms with Crippen LogP contribution in [0.15, 0.2) is 48.8 Å². The van der Waals surface area contributed by atoms with Crippen LogP contribution in [-0.2, 0) is 17.6 Å². The van der Waals surface area contributed by atoms with Gasteiger partial charge in [0.1, 0.15) is 0 Å². The molecular weight excluding hydrogens is 260 g/mol. The van der Waals surface area contributed by atoms with Crippen molar-refractivity contribution in [3.63, 3.8) is 0 Å². The first-order valence-electron chi connectivity index (χ1n) is 7.45. The highest BCUT2D eigenvalue weighted by Crippen LogP contribution is 2.05. The van der Waals surface area contributed by atoms with Crippen molar-refractivity contribution in [2.24, 2.45) is 0 Å². The SMILES string of the molecule is Cc1cccc(CCNC(=O)CCCc2cccnc2)c1. The molecule has 0 spiro atoms. The summed E-state index contributed by atoms with van der Waals surface area (Å²) >= 11 is 0. The van der Waals surface area contributed by atoms with Crippen LogP contribution in [0.3, 0.4) is 0 Å². The predicted octanol–water partition coefficient (Wildman–Crippen LogP) is 3.07. The number of rotatable bonds is 7. The molecule has 3 heteroatoms. The molecule has 1 amide bonds. The van der Waals surface area contributed by atoms with Crippen molar-refractivity contribution in [2.75, 3.05) is 6.54 Å². The topological polar surface area (TPSA) is 42.0 Å². The second kappa shape index (κ2) is 8.20. The summed E-state index contributed by atoms with van der Waals surface area (Å²) in [6.45, 7) is 2.79. The lowest BCUT2D eigenvalue weighted by Crippen LogP contribution is -2.25. The standard InChI is InChI=1S/C18H22N2O/c1-15-5-2-6-16(13-15)10-12-20-18(21)9-3-7-17-8-4-11-19-14-17/h2,4-6,8,11,13-14H,3,7,9-10,12H2,1H3,(H,20,21). The molecule has 0 aliphatic carbocycles. The van der Waals surface area contributed by atoms with Gasteiger partial charge in [-0.05, 0) is 43.4 Å². The number of aromatic nitrogens is 1.